The fourth-order valence-corrected chi connectivity index (χ4v) is 3.09. The lowest BCUT2D eigenvalue weighted by atomic mass is 10.1. The number of hydrogen-bond acceptors (Lipinski definition) is 8. The van der Waals surface area contributed by atoms with Gasteiger partial charge in [-0.05, 0) is 13.0 Å². The van der Waals surface area contributed by atoms with Gasteiger partial charge >= 0.3 is 0 Å². The third-order valence-corrected chi connectivity index (χ3v) is 4.46. The summed E-state index contributed by atoms with van der Waals surface area (Å²) < 4.78 is 7.06. The van der Waals surface area contributed by atoms with E-state index < -0.39 is 31.1 Å². The Kier molecular flexibility index (Phi) is 4.66. The van der Waals surface area contributed by atoms with Crippen LogP contribution < -0.4 is 0 Å². The predicted molar refractivity (Wildman–Crippen MR) is 94.2 cm³/mol. The summed E-state index contributed by atoms with van der Waals surface area (Å²) in [6.45, 7) is 1.54. The van der Waals surface area contributed by atoms with Crippen LogP contribution in [0.5, 0.6) is 0 Å². The smallest absolute Gasteiger partial charge is 0.202 e. The number of aromatic nitrogens is 5. The lowest BCUT2D eigenvalue weighted by molar-refractivity contribution is -0.0577. The molecule has 0 spiro atoms. The molecule has 0 saturated carbocycles. The van der Waals surface area contributed by atoms with E-state index in [0.29, 0.717) is 17.3 Å². The third kappa shape index (κ3) is 3.21. The number of aliphatic hydroxyl groups is 3. The Bertz CT molecular complexity index is 933. The first-order valence-electron chi connectivity index (χ1n) is 8.51. The van der Waals surface area contributed by atoms with Gasteiger partial charge in [0, 0.05) is 18.0 Å². The zero-order chi connectivity index (χ0) is 19.0. The van der Waals surface area contributed by atoms with Gasteiger partial charge in [0.15, 0.2) is 12.1 Å². The van der Waals surface area contributed by atoms with E-state index in [0.717, 1.165) is 11.1 Å². The summed E-state index contributed by atoms with van der Waals surface area (Å²) in [6.07, 6.45) is 0.238. The SMILES string of the molecule is Cc1cccc(-c2nc(-c3cnccn3)nn2[C@@H]2O[C@H](CO)[C@@H](O)[C@H]2O)c1. The maximum atomic E-state index is 10.4. The molecule has 1 aliphatic heterocycles. The quantitative estimate of drug-likeness (QED) is 0.600. The van der Waals surface area contributed by atoms with Gasteiger partial charge in [0.05, 0.1) is 12.8 Å². The maximum Gasteiger partial charge on any atom is 0.202 e. The molecule has 1 aromatic carbocycles. The molecule has 4 atom stereocenters. The first kappa shape index (κ1) is 17.7. The number of nitrogens with zero attached hydrogens (tertiary/aromatic N) is 5. The molecule has 27 heavy (non-hydrogen) atoms. The van der Waals surface area contributed by atoms with Gasteiger partial charge in [-0.25, -0.2) is 14.6 Å². The summed E-state index contributed by atoms with van der Waals surface area (Å²) in [5.41, 5.74) is 2.27. The Hall–Kier alpha value is -2.72. The molecule has 0 unspecified atom stereocenters. The molecule has 9 heteroatoms. The molecule has 9 nitrogen and oxygen atoms in total. The van der Waals surface area contributed by atoms with Crippen LogP contribution in [0.15, 0.2) is 42.9 Å². The van der Waals surface area contributed by atoms with Crippen molar-refractivity contribution in [2.24, 2.45) is 0 Å². The van der Waals surface area contributed by atoms with Crippen molar-refractivity contribution < 1.29 is 20.1 Å². The highest BCUT2D eigenvalue weighted by Crippen LogP contribution is 2.33. The first-order valence-corrected chi connectivity index (χ1v) is 8.51. The van der Waals surface area contributed by atoms with Crippen molar-refractivity contribution in [2.75, 3.05) is 6.61 Å². The highest BCUT2D eigenvalue weighted by atomic mass is 16.6. The number of rotatable bonds is 4. The van der Waals surface area contributed by atoms with Gasteiger partial charge in [-0.3, -0.25) is 4.98 Å². The van der Waals surface area contributed by atoms with Crippen molar-refractivity contribution in [3.8, 4) is 22.9 Å². The molecule has 4 rings (SSSR count). The summed E-state index contributed by atoms with van der Waals surface area (Å²) in [5, 5.41) is 34.3. The van der Waals surface area contributed by atoms with Gasteiger partial charge in [-0.1, -0.05) is 23.8 Å². The number of aliphatic hydroxyl groups excluding tert-OH is 3. The molecule has 0 radical (unpaired) electrons. The zero-order valence-electron chi connectivity index (χ0n) is 14.5. The molecule has 3 heterocycles. The molecule has 0 aliphatic carbocycles. The van der Waals surface area contributed by atoms with Crippen molar-refractivity contribution in [1.82, 2.24) is 24.7 Å². The van der Waals surface area contributed by atoms with E-state index in [1.54, 1.807) is 6.20 Å². The monoisotopic (exact) mass is 369 g/mol. The summed E-state index contributed by atoms with van der Waals surface area (Å²) >= 11 is 0. The van der Waals surface area contributed by atoms with Crippen LogP contribution in [-0.2, 0) is 4.74 Å². The standard InChI is InChI=1S/C18H19N5O4/c1-10-3-2-4-11(7-10)17-21-16(12-8-19-5-6-20-12)22-23(17)18-15(26)14(25)13(9-24)27-18/h2-8,13-15,18,24-26H,9H2,1H3/t13-,14-,15-,18-/m1/s1. The van der Waals surface area contributed by atoms with Gasteiger partial charge in [0.25, 0.3) is 0 Å². The van der Waals surface area contributed by atoms with Crippen LogP contribution in [0, 0.1) is 6.92 Å². The van der Waals surface area contributed by atoms with Crippen LogP contribution >= 0.6 is 0 Å². The van der Waals surface area contributed by atoms with Crippen molar-refractivity contribution in [3.05, 3.63) is 48.4 Å². The number of ether oxygens (including phenoxy) is 1. The third-order valence-electron chi connectivity index (χ3n) is 4.46. The summed E-state index contributed by atoms with van der Waals surface area (Å²) in [5.74, 6) is 0.770. The van der Waals surface area contributed by atoms with E-state index >= 15 is 0 Å². The highest BCUT2D eigenvalue weighted by molar-refractivity contribution is 5.60. The van der Waals surface area contributed by atoms with E-state index in [9.17, 15) is 15.3 Å². The lowest BCUT2D eigenvalue weighted by Gasteiger charge is -2.17. The predicted octanol–water partition coefficient (Wildman–Crippen LogP) is 0.322. The Morgan fingerprint density at radius 3 is 2.70 bits per heavy atom. The van der Waals surface area contributed by atoms with Crippen LogP contribution in [0.4, 0.5) is 0 Å². The average molecular weight is 369 g/mol. The van der Waals surface area contributed by atoms with Crippen molar-refractivity contribution in [3.63, 3.8) is 0 Å². The van der Waals surface area contributed by atoms with E-state index in [1.807, 2.05) is 31.2 Å². The molecule has 1 saturated heterocycles. The highest BCUT2D eigenvalue weighted by Gasteiger charge is 2.45. The Balaban J connectivity index is 1.83. The second kappa shape index (κ2) is 7.12. The minimum absolute atomic E-state index is 0.317. The lowest BCUT2D eigenvalue weighted by Crippen LogP contribution is -2.33. The molecular weight excluding hydrogens is 350 g/mol. The largest absolute Gasteiger partial charge is 0.394 e. The van der Waals surface area contributed by atoms with Crippen molar-refractivity contribution >= 4 is 0 Å². The molecule has 1 aliphatic rings. The fraction of sp³-hybridized carbons (Fsp3) is 0.333. The molecule has 2 aromatic heterocycles. The average Bonchev–Trinajstić information content (AvgIpc) is 3.25. The Labute approximate surface area is 154 Å². The van der Waals surface area contributed by atoms with E-state index in [-0.39, 0.29) is 0 Å². The first-order chi connectivity index (χ1) is 13.1. The number of aryl methyl sites for hydroxylation is 1. The van der Waals surface area contributed by atoms with Crippen LogP contribution in [0.2, 0.25) is 0 Å². The van der Waals surface area contributed by atoms with Crippen molar-refractivity contribution in [1.29, 1.82) is 0 Å². The molecule has 3 aromatic rings. The van der Waals surface area contributed by atoms with Gasteiger partial charge in [-0.2, -0.15) is 0 Å². The van der Waals surface area contributed by atoms with E-state index in [4.69, 9.17) is 4.74 Å². The second-order valence-corrected chi connectivity index (χ2v) is 6.39. The Morgan fingerprint density at radius 2 is 2.04 bits per heavy atom. The van der Waals surface area contributed by atoms with E-state index in [2.05, 4.69) is 20.1 Å². The van der Waals surface area contributed by atoms with Gasteiger partial charge in [-0.15, -0.1) is 5.10 Å². The van der Waals surface area contributed by atoms with Gasteiger partial charge in [0.1, 0.15) is 24.0 Å². The van der Waals surface area contributed by atoms with Crippen LogP contribution in [0.1, 0.15) is 11.8 Å². The molecule has 3 N–H and O–H groups in total. The number of benzene rings is 1. The summed E-state index contributed by atoms with van der Waals surface area (Å²) in [4.78, 5) is 12.8. The fourth-order valence-electron chi connectivity index (χ4n) is 3.09. The topological polar surface area (TPSA) is 126 Å². The molecule has 1 fully saturated rings. The van der Waals surface area contributed by atoms with Gasteiger partial charge < -0.3 is 20.1 Å². The van der Waals surface area contributed by atoms with Crippen LogP contribution in [0.25, 0.3) is 22.9 Å². The van der Waals surface area contributed by atoms with Crippen LogP contribution in [0.3, 0.4) is 0 Å². The van der Waals surface area contributed by atoms with Gasteiger partial charge in [0.2, 0.25) is 5.82 Å². The second-order valence-electron chi connectivity index (χ2n) is 6.39. The summed E-state index contributed by atoms with van der Waals surface area (Å²) in [7, 11) is 0. The van der Waals surface area contributed by atoms with Crippen molar-refractivity contribution in [2.45, 2.75) is 31.5 Å². The molecule has 0 amide bonds. The molecule has 140 valence electrons. The summed E-state index contributed by atoms with van der Waals surface area (Å²) in [6, 6.07) is 7.65. The van der Waals surface area contributed by atoms with Crippen LogP contribution in [-0.4, -0.2) is 65.0 Å². The minimum atomic E-state index is -1.26. The molecule has 0 bridgehead atoms. The zero-order valence-corrected chi connectivity index (χ0v) is 14.5. The normalized spacial score (nSPS) is 25.0. The Morgan fingerprint density at radius 1 is 1.19 bits per heavy atom. The molecular formula is C18H19N5O4. The number of hydrogen-bond donors (Lipinski definition) is 3. The minimum Gasteiger partial charge on any atom is -0.394 e. The van der Waals surface area contributed by atoms with E-state index in [1.165, 1.54) is 17.1 Å². The maximum absolute atomic E-state index is 10.4.